The summed E-state index contributed by atoms with van der Waals surface area (Å²) >= 11 is 0. The lowest BCUT2D eigenvalue weighted by molar-refractivity contribution is 0.101. The van der Waals surface area contributed by atoms with Crippen LogP contribution >= 0.6 is 0 Å². The maximum atomic E-state index is 12.3. The van der Waals surface area contributed by atoms with Gasteiger partial charge in [-0.2, -0.15) is 5.26 Å². The molecule has 4 aromatic rings. The molecule has 30 heavy (non-hydrogen) atoms. The SMILES string of the molecule is C#CNc1nc(-c2cccc(C#N)c2C)c(-c2ccc3nc[nH]c3c2)cc1C(C)=O. The predicted molar refractivity (Wildman–Crippen MR) is 117 cm³/mol. The molecule has 0 aliphatic carbocycles. The van der Waals surface area contributed by atoms with E-state index in [-0.39, 0.29) is 5.78 Å². The Morgan fingerprint density at radius 3 is 2.77 bits per heavy atom. The van der Waals surface area contributed by atoms with Crippen molar-refractivity contribution in [2.45, 2.75) is 13.8 Å². The summed E-state index contributed by atoms with van der Waals surface area (Å²) in [5.41, 5.74) is 6.53. The number of fused-ring (bicyclic) bond motifs is 1. The van der Waals surface area contributed by atoms with Gasteiger partial charge in [0.15, 0.2) is 5.78 Å². The van der Waals surface area contributed by atoms with Gasteiger partial charge in [-0.1, -0.05) is 24.6 Å². The number of rotatable bonds is 4. The third kappa shape index (κ3) is 3.17. The Labute approximate surface area is 173 Å². The number of imidazole rings is 1. The number of terminal acetylenes is 1. The molecule has 0 atom stereocenters. The summed E-state index contributed by atoms with van der Waals surface area (Å²) in [7, 11) is 0. The van der Waals surface area contributed by atoms with Crippen LogP contribution in [-0.4, -0.2) is 20.7 Å². The molecule has 2 heterocycles. The average Bonchev–Trinajstić information content (AvgIpc) is 3.21. The topological polar surface area (TPSA) is 94.5 Å². The van der Waals surface area contributed by atoms with Gasteiger partial charge >= 0.3 is 0 Å². The molecule has 0 aliphatic heterocycles. The molecule has 144 valence electrons. The van der Waals surface area contributed by atoms with Gasteiger partial charge in [-0.05, 0) is 49.2 Å². The van der Waals surface area contributed by atoms with Crippen LogP contribution in [0.3, 0.4) is 0 Å². The molecule has 6 heteroatoms. The molecule has 0 unspecified atom stereocenters. The number of nitriles is 1. The largest absolute Gasteiger partial charge is 0.345 e. The van der Waals surface area contributed by atoms with Gasteiger partial charge in [0.25, 0.3) is 0 Å². The summed E-state index contributed by atoms with van der Waals surface area (Å²) < 4.78 is 0. The maximum Gasteiger partial charge on any atom is 0.163 e. The minimum atomic E-state index is -0.154. The first kappa shape index (κ1) is 18.9. The monoisotopic (exact) mass is 391 g/mol. The van der Waals surface area contributed by atoms with Crippen LogP contribution in [0.25, 0.3) is 33.4 Å². The molecule has 0 spiro atoms. The van der Waals surface area contributed by atoms with Crippen molar-refractivity contribution < 1.29 is 4.79 Å². The van der Waals surface area contributed by atoms with Crippen molar-refractivity contribution in [3.63, 3.8) is 0 Å². The van der Waals surface area contributed by atoms with Crippen LogP contribution in [-0.2, 0) is 0 Å². The number of benzene rings is 2. The molecule has 6 nitrogen and oxygen atoms in total. The van der Waals surface area contributed by atoms with Gasteiger partial charge in [-0.25, -0.2) is 9.97 Å². The van der Waals surface area contributed by atoms with Crippen LogP contribution in [0.4, 0.5) is 5.82 Å². The predicted octanol–water partition coefficient (Wildman–Crippen LogP) is 4.68. The number of H-pyrrole nitrogens is 1. The second-order valence-corrected chi connectivity index (χ2v) is 6.83. The number of hydrogen-bond donors (Lipinski definition) is 2. The summed E-state index contributed by atoms with van der Waals surface area (Å²) in [6, 6.07) is 17.6. The number of ketones is 1. The molecule has 4 rings (SSSR count). The Morgan fingerprint density at radius 1 is 1.20 bits per heavy atom. The summed E-state index contributed by atoms with van der Waals surface area (Å²) in [4.78, 5) is 24.4. The summed E-state index contributed by atoms with van der Waals surface area (Å²) in [5, 5.41) is 12.2. The molecule has 2 aromatic carbocycles. The van der Waals surface area contributed by atoms with Gasteiger partial charge in [0.1, 0.15) is 5.82 Å². The number of aromatic amines is 1. The van der Waals surface area contributed by atoms with Crippen molar-refractivity contribution in [1.29, 1.82) is 5.26 Å². The second-order valence-electron chi connectivity index (χ2n) is 6.83. The molecular formula is C24H17N5O. The van der Waals surface area contributed by atoms with Gasteiger partial charge in [-0.15, -0.1) is 0 Å². The molecule has 0 saturated carbocycles. The Hall–Kier alpha value is -4.42. The van der Waals surface area contributed by atoms with Crippen LogP contribution < -0.4 is 5.32 Å². The van der Waals surface area contributed by atoms with Gasteiger partial charge in [0.2, 0.25) is 0 Å². The number of nitrogens with one attached hydrogen (secondary N) is 2. The van der Waals surface area contributed by atoms with E-state index < -0.39 is 0 Å². The van der Waals surface area contributed by atoms with E-state index in [9.17, 15) is 10.1 Å². The number of pyridine rings is 1. The van der Waals surface area contributed by atoms with Crippen molar-refractivity contribution in [1.82, 2.24) is 15.0 Å². The van der Waals surface area contributed by atoms with E-state index in [1.54, 1.807) is 18.5 Å². The number of hydrogen-bond acceptors (Lipinski definition) is 5. The van der Waals surface area contributed by atoms with E-state index in [0.717, 1.165) is 33.3 Å². The van der Waals surface area contributed by atoms with Crippen molar-refractivity contribution >= 4 is 22.6 Å². The zero-order valence-electron chi connectivity index (χ0n) is 16.4. The maximum absolute atomic E-state index is 12.3. The highest BCUT2D eigenvalue weighted by Gasteiger charge is 2.19. The molecular weight excluding hydrogens is 374 g/mol. The van der Waals surface area contributed by atoms with Crippen LogP contribution in [0.15, 0.2) is 48.8 Å². The van der Waals surface area contributed by atoms with Crippen molar-refractivity contribution in [3.05, 3.63) is 65.5 Å². The van der Waals surface area contributed by atoms with Crippen LogP contribution in [0, 0.1) is 30.7 Å². The molecule has 0 fully saturated rings. The van der Waals surface area contributed by atoms with Gasteiger partial charge < -0.3 is 4.98 Å². The lowest BCUT2D eigenvalue weighted by Crippen LogP contribution is -2.06. The molecule has 0 saturated heterocycles. The first-order valence-electron chi connectivity index (χ1n) is 9.24. The minimum absolute atomic E-state index is 0.154. The average molecular weight is 391 g/mol. The molecule has 0 amide bonds. The highest BCUT2D eigenvalue weighted by atomic mass is 16.1. The molecule has 2 aromatic heterocycles. The Balaban J connectivity index is 2.07. The van der Waals surface area contributed by atoms with Crippen LogP contribution in [0.5, 0.6) is 0 Å². The van der Waals surface area contributed by atoms with E-state index in [0.29, 0.717) is 22.6 Å². The highest BCUT2D eigenvalue weighted by molar-refractivity contribution is 6.02. The summed E-state index contributed by atoms with van der Waals surface area (Å²) in [6.45, 7) is 3.35. The van der Waals surface area contributed by atoms with E-state index >= 15 is 0 Å². The summed E-state index contributed by atoms with van der Waals surface area (Å²) in [5.74, 6) is 0.159. The van der Waals surface area contributed by atoms with Crippen LogP contribution in [0.1, 0.15) is 28.4 Å². The normalized spacial score (nSPS) is 10.4. The quantitative estimate of drug-likeness (QED) is 0.299. The van der Waals surface area contributed by atoms with Crippen LogP contribution in [0.2, 0.25) is 0 Å². The molecule has 0 bridgehead atoms. The van der Waals surface area contributed by atoms with Gasteiger partial charge in [-0.3, -0.25) is 10.1 Å². The van der Waals surface area contributed by atoms with E-state index in [1.165, 1.54) is 6.92 Å². The number of nitrogens with zero attached hydrogens (tertiary/aromatic N) is 3. The molecule has 2 N–H and O–H groups in total. The highest BCUT2D eigenvalue weighted by Crippen LogP contribution is 2.37. The lowest BCUT2D eigenvalue weighted by atomic mass is 9.92. The van der Waals surface area contributed by atoms with E-state index in [2.05, 4.69) is 27.4 Å². The smallest absolute Gasteiger partial charge is 0.163 e. The lowest BCUT2D eigenvalue weighted by Gasteiger charge is -2.16. The van der Waals surface area contributed by atoms with Gasteiger partial charge in [0.05, 0.1) is 40.3 Å². The Kier molecular flexibility index (Phi) is 4.75. The van der Waals surface area contributed by atoms with Crippen molar-refractivity contribution in [2.75, 3.05) is 5.32 Å². The van der Waals surface area contributed by atoms with Crippen molar-refractivity contribution in [2.24, 2.45) is 0 Å². The number of Topliss-reactive ketones (excluding diaryl/α,β-unsaturated/α-hetero) is 1. The fourth-order valence-corrected chi connectivity index (χ4v) is 3.49. The number of carbonyl (C=O) groups is 1. The first-order chi connectivity index (χ1) is 14.5. The van der Waals surface area contributed by atoms with Crippen molar-refractivity contribution in [3.8, 4) is 40.9 Å². The standard InChI is InChI=1S/C24H17N5O/c1-4-26-24-19(15(3)30)11-20(16-8-9-21-22(10-16)28-13-27-21)23(29-24)18-7-5-6-17(12-25)14(18)2/h1,5-11,13H,2-3H3,(H,26,29)(H,27,28). The van der Waals surface area contributed by atoms with E-state index in [1.807, 2.05) is 37.3 Å². The Morgan fingerprint density at radius 2 is 2.03 bits per heavy atom. The fourth-order valence-electron chi connectivity index (χ4n) is 3.49. The van der Waals surface area contributed by atoms with E-state index in [4.69, 9.17) is 11.4 Å². The number of anilines is 1. The minimum Gasteiger partial charge on any atom is -0.345 e. The molecule has 0 aliphatic rings. The zero-order valence-corrected chi connectivity index (χ0v) is 16.4. The third-order valence-corrected chi connectivity index (χ3v) is 5.03. The molecule has 0 radical (unpaired) electrons. The third-order valence-electron chi connectivity index (χ3n) is 5.03. The number of aromatic nitrogens is 3. The zero-order chi connectivity index (χ0) is 21.3. The Bertz CT molecular complexity index is 1390. The fraction of sp³-hybridized carbons (Fsp3) is 0.0833. The van der Waals surface area contributed by atoms with Gasteiger partial charge in [0, 0.05) is 17.2 Å². The summed E-state index contributed by atoms with van der Waals surface area (Å²) in [6.07, 6.45) is 7.06. The second kappa shape index (κ2) is 7.54. The first-order valence-corrected chi connectivity index (χ1v) is 9.24. The number of carbonyl (C=O) groups excluding carboxylic acids is 1.